The SMILES string of the molecule is CCCCCCC1N(c2ccccc2)C(C)(C)C23C4=c5ccc6c7ccc8c9ccc%10c%11ccc%12c%13c(c%14c%15c2c5c6c2c7c8c5c9c%10c(c%13%11)c%14c5c%152)C13C=%12C=C4. The molecule has 264 valence electrons. The summed E-state index contributed by atoms with van der Waals surface area (Å²) in [5, 5.41) is 37.1. The number of fused-ring (bicyclic) bond motifs is 3. The number of para-hydroxylation sites is 1. The standard InChI is InChI=1S/C56H35N/c1-4-5-6-10-13-35-55-33-22-23-34-32-21-19-30-28-17-15-26-25-14-16-27-29-18-20-31(33)42-40(29)45-38(27)36(25)44-37(26)39(28)46-41(30)43(32)53(51-49(46)47(44)48(45)50(51)52(42)55)56(34,55)54(2,3)57(35)24-11-8-7-9-12-24/h7-9,11-12,14-23,35H,4-6,10,13H2,1-3H3. The minimum atomic E-state index is -0.267. The Labute approximate surface area is 326 Å². The third kappa shape index (κ3) is 2.09. The molecule has 0 aromatic heterocycles. The number of unbranched alkanes of at least 4 members (excludes halogenated alkanes) is 3. The van der Waals surface area contributed by atoms with Crippen molar-refractivity contribution in [3.8, 4) is 0 Å². The van der Waals surface area contributed by atoms with Gasteiger partial charge >= 0.3 is 0 Å². The summed E-state index contributed by atoms with van der Waals surface area (Å²) in [5.41, 5.74) is 7.24. The van der Waals surface area contributed by atoms with Crippen molar-refractivity contribution in [3.63, 3.8) is 0 Å². The Morgan fingerprint density at radius 1 is 0.456 bits per heavy atom. The first-order valence-electron chi connectivity index (χ1n) is 21.8. The van der Waals surface area contributed by atoms with Crippen LogP contribution in [-0.2, 0) is 10.8 Å². The molecule has 3 atom stereocenters. The van der Waals surface area contributed by atoms with Crippen molar-refractivity contribution in [1.29, 1.82) is 0 Å². The third-order valence-electron chi connectivity index (χ3n) is 18.1. The van der Waals surface area contributed by atoms with E-state index in [1.807, 2.05) is 0 Å². The van der Waals surface area contributed by atoms with Gasteiger partial charge in [-0.15, -0.1) is 0 Å². The Bertz CT molecular complexity index is 4200. The molecule has 4 aliphatic carbocycles. The zero-order valence-electron chi connectivity index (χ0n) is 32.2. The lowest BCUT2D eigenvalue weighted by molar-refractivity contribution is 0.309. The van der Waals surface area contributed by atoms with Gasteiger partial charge in [-0.05, 0) is 184 Å². The van der Waals surface area contributed by atoms with Gasteiger partial charge < -0.3 is 4.90 Å². The fourth-order valence-electron chi connectivity index (χ4n) is 17.1. The molecule has 3 unspecified atom stereocenters. The van der Waals surface area contributed by atoms with Crippen LogP contribution in [0.15, 0.2) is 91.0 Å². The van der Waals surface area contributed by atoms with E-state index < -0.39 is 0 Å². The highest BCUT2D eigenvalue weighted by molar-refractivity contribution is 6.64. The van der Waals surface area contributed by atoms with Crippen LogP contribution in [0.5, 0.6) is 0 Å². The van der Waals surface area contributed by atoms with E-state index in [-0.39, 0.29) is 16.4 Å². The molecule has 0 bridgehead atoms. The van der Waals surface area contributed by atoms with Gasteiger partial charge in [0.25, 0.3) is 0 Å². The second kappa shape index (κ2) is 7.71. The molecular weight excluding hydrogens is 687 g/mol. The predicted octanol–water partition coefficient (Wildman–Crippen LogP) is 12.9. The van der Waals surface area contributed by atoms with E-state index >= 15 is 0 Å². The van der Waals surface area contributed by atoms with Gasteiger partial charge in [0.05, 0.1) is 10.8 Å². The van der Waals surface area contributed by atoms with Gasteiger partial charge in [0.1, 0.15) is 0 Å². The average molecular weight is 722 g/mol. The van der Waals surface area contributed by atoms with Crippen molar-refractivity contribution in [2.75, 3.05) is 4.90 Å². The molecular formula is C56H35N. The highest BCUT2D eigenvalue weighted by Crippen LogP contribution is 2.80. The summed E-state index contributed by atoms with van der Waals surface area (Å²) in [5.74, 6) is 0. The van der Waals surface area contributed by atoms with Crippen molar-refractivity contribution in [3.05, 3.63) is 113 Å². The van der Waals surface area contributed by atoms with E-state index in [4.69, 9.17) is 0 Å². The van der Waals surface area contributed by atoms with Crippen molar-refractivity contribution < 1.29 is 0 Å². The molecule has 57 heavy (non-hydrogen) atoms. The number of benzene rings is 9. The maximum atomic E-state index is 3.01. The summed E-state index contributed by atoms with van der Waals surface area (Å²) >= 11 is 0. The van der Waals surface area contributed by atoms with Crippen LogP contribution < -0.4 is 15.3 Å². The summed E-state index contributed by atoms with van der Waals surface area (Å²) in [4.78, 5) is 3.01. The van der Waals surface area contributed by atoms with Crippen molar-refractivity contribution in [2.24, 2.45) is 0 Å². The summed E-state index contributed by atoms with van der Waals surface area (Å²) < 4.78 is 0. The topological polar surface area (TPSA) is 3.24 Å². The van der Waals surface area contributed by atoms with Crippen LogP contribution in [0.3, 0.4) is 0 Å². The Morgan fingerprint density at radius 3 is 1.53 bits per heavy atom. The largest absolute Gasteiger partial charge is 0.361 e. The molecule has 0 amide bonds. The van der Waals surface area contributed by atoms with Crippen molar-refractivity contribution >= 4 is 135 Å². The molecule has 1 saturated heterocycles. The van der Waals surface area contributed by atoms with Gasteiger partial charge in [-0.1, -0.05) is 111 Å². The maximum Gasteiger partial charge on any atom is 0.0605 e. The van der Waals surface area contributed by atoms with Crippen LogP contribution in [-0.4, -0.2) is 11.6 Å². The molecule has 2 spiro atoms. The Morgan fingerprint density at radius 2 is 0.930 bits per heavy atom. The molecule has 5 aliphatic rings. The first-order chi connectivity index (χ1) is 28.1. The lowest BCUT2D eigenvalue weighted by Gasteiger charge is -2.56. The molecule has 18 rings (SSSR count). The van der Waals surface area contributed by atoms with Gasteiger partial charge in [-0.2, -0.15) is 0 Å². The predicted molar refractivity (Wildman–Crippen MR) is 243 cm³/mol. The van der Waals surface area contributed by atoms with E-state index in [9.17, 15) is 0 Å². The fourth-order valence-corrected chi connectivity index (χ4v) is 17.1. The highest BCUT2D eigenvalue weighted by Gasteiger charge is 2.79. The van der Waals surface area contributed by atoms with E-state index in [2.05, 4.69) is 117 Å². The highest BCUT2D eigenvalue weighted by atomic mass is 15.3. The molecule has 0 N–H and O–H groups in total. The summed E-state index contributed by atoms with van der Waals surface area (Å²) in [6.07, 6.45) is 11.6. The van der Waals surface area contributed by atoms with E-state index in [0.29, 0.717) is 6.04 Å². The second-order valence-electron chi connectivity index (χ2n) is 19.7. The molecule has 0 radical (unpaired) electrons. The summed E-state index contributed by atoms with van der Waals surface area (Å²) in [6.45, 7) is 7.72. The van der Waals surface area contributed by atoms with Crippen LogP contribution in [0.2, 0.25) is 0 Å². The van der Waals surface area contributed by atoms with Gasteiger partial charge in [0.2, 0.25) is 0 Å². The van der Waals surface area contributed by atoms with Gasteiger partial charge in [0.15, 0.2) is 0 Å². The van der Waals surface area contributed by atoms with Crippen molar-refractivity contribution in [2.45, 2.75) is 75.3 Å². The molecule has 1 nitrogen and oxygen atoms in total. The van der Waals surface area contributed by atoms with Gasteiger partial charge in [0, 0.05) is 17.3 Å². The molecule has 13 aromatic carbocycles. The Kier molecular flexibility index (Phi) is 3.74. The summed E-state index contributed by atoms with van der Waals surface area (Å²) in [6, 6.07) is 32.3. The van der Waals surface area contributed by atoms with Crippen LogP contribution >= 0.6 is 0 Å². The lowest BCUT2D eigenvalue weighted by atomic mass is 9.43. The smallest absolute Gasteiger partial charge is 0.0605 e. The summed E-state index contributed by atoms with van der Waals surface area (Å²) in [7, 11) is 0. The van der Waals surface area contributed by atoms with Crippen LogP contribution in [0, 0.1) is 0 Å². The fraction of sp³-hybridized carbons (Fsp3) is 0.214. The monoisotopic (exact) mass is 721 g/mol. The van der Waals surface area contributed by atoms with Crippen molar-refractivity contribution in [1.82, 2.24) is 0 Å². The number of hydrogen-bond donors (Lipinski definition) is 0. The number of rotatable bonds is 6. The first kappa shape index (κ1) is 27.6. The zero-order chi connectivity index (χ0) is 36.5. The molecule has 1 heterocycles. The number of hydrogen-bond acceptors (Lipinski definition) is 1. The molecule has 13 aromatic rings. The van der Waals surface area contributed by atoms with Gasteiger partial charge in [-0.25, -0.2) is 0 Å². The normalized spacial score (nSPS) is 24.3. The molecule has 1 fully saturated rings. The van der Waals surface area contributed by atoms with Crippen LogP contribution in [0.4, 0.5) is 5.69 Å². The van der Waals surface area contributed by atoms with E-state index in [1.54, 1.807) is 103 Å². The number of allylic oxidation sites excluding steroid dienone is 2. The maximum absolute atomic E-state index is 3.01. The van der Waals surface area contributed by atoms with Gasteiger partial charge in [-0.3, -0.25) is 0 Å². The van der Waals surface area contributed by atoms with Crippen LogP contribution in [0.25, 0.3) is 130 Å². The minimum Gasteiger partial charge on any atom is -0.361 e. The Balaban J connectivity index is 1.23. The zero-order valence-corrected chi connectivity index (χ0v) is 32.2. The molecule has 1 heteroatoms. The molecule has 0 saturated carbocycles. The quantitative estimate of drug-likeness (QED) is 0.122. The number of nitrogens with zero attached hydrogens (tertiary/aromatic N) is 1. The second-order valence-corrected chi connectivity index (χ2v) is 19.7. The Hall–Kier alpha value is -5.92. The number of anilines is 1. The lowest BCUT2D eigenvalue weighted by Crippen LogP contribution is -2.60. The third-order valence-corrected chi connectivity index (χ3v) is 18.1. The molecule has 1 aliphatic heterocycles. The van der Waals surface area contributed by atoms with Crippen LogP contribution in [0.1, 0.15) is 64.0 Å². The minimum absolute atomic E-state index is 0.232. The van der Waals surface area contributed by atoms with E-state index in [0.717, 1.165) is 0 Å². The first-order valence-corrected chi connectivity index (χ1v) is 21.8. The van der Waals surface area contributed by atoms with E-state index in [1.165, 1.54) is 85.9 Å². The average Bonchev–Trinajstić information content (AvgIpc) is 4.07.